The first kappa shape index (κ1) is 10.5. The van der Waals surface area contributed by atoms with Gasteiger partial charge in [0.25, 0.3) is 0 Å². The monoisotopic (exact) mass is 187 g/mol. The van der Waals surface area contributed by atoms with Gasteiger partial charge >= 0.3 is 5.97 Å². The third kappa shape index (κ3) is 2.19. The van der Waals surface area contributed by atoms with Crippen LogP contribution in [0.2, 0.25) is 0 Å². The minimum absolute atomic E-state index is 0.385. The van der Waals surface area contributed by atoms with Gasteiger partial charge in [-0.25, -0.2) is 0 Å². The Morgan fingerprint density at radius 2 is 2.31 bits per heavy atom. The van der Waals surface area contributed by atoms with Gasteiger partial charge in [-0.1, -0.05) is 13.3 Å². The molecule has 1 rings (SSSR count). The van der Waals surface area contributed by atoms with Crippen LogP contribution in [-0.2, 0) is 4.79 Å². The SMILES string of the molecule is CC1([C@H](N)C(=O)O)CCCC(O)C1. The van der Waals surface area contributed by atoms with Crippen molar-refractivity contribution in [1.29, 1.82) is 0 Å². The second kappa shape index (κ2) is 3.64. The van der Waals surface area contributed by atoms with E-state index in [0.717, 1.165) is 19.3 Å². The number of aliphatic carboxylic acids is 1. The molecule has 0 heterocycles. The largest absolute Gasteiger partial charge is 0.480 e. The number of carboxylic acid groups (broad SMARTS) is 1. The van der Waals surface area contributed by atoms with Crippen LogP contribution in [0.4, 0.5) is 0 Å². The van der Waals surface area contributed by atoms with Crippen LogP contribution in [0.25, 0.3) is 0 Å². The number of nitrogens with two attached hydrogens (primary N) is 1. The van der Waals surface area contributed by atoms with Gasteiger partial charge < -0.3 is 15.9 Å². The predicted octanol–water partition coefficient (Wildman–Crippen LogP) is 0.339. The van der Waals surface area contributed by atoms with Crippen molar-refractivity contribution >= 4 is 5.97 Å². The number of aliphatic hydroxyl groups excluding tert-OH is 1. The molecule has 4 nitrogen and oxygen atoms in total. The smallest absolute Gasteiger partial charge is 0.321 e. The molecule has 1 aliphatic carbocycles. The quantitative estimate of drug-likeness (QED) is 0.582. The lowest BCUT2D eigenvalue weighted by molar-refractivity contribution is -0.143. The van der Waals surface area contributed by atoms with Crippen LogP contribution in [0.5, 0.6) is 0 Å². The van der Waals surface area contributed by atoms with Gasteiger partial charge in [0.15, 0.2) is 0 Å². The molecule has 0 radical (unpaired) electrons. The Morgan fingerprint density at radius 3 is 2.77 bits per heavy atom. The van der Waals surface area contributed by atoms with Crippen LogP contribution < -0.4 is 5.73 Å². The molecule has 3 atom stereocenters. The summed E-state index contributed by atoms with van der Waals surface area (Å²) in [4.78, 5) is 10.7. The highest BCUT2D eigenvalue weighted by atomic mass is 16.4. The molecule has 76 valence electrons. The van der Waals surface area contributed by atoms with E-state index in [2.05, 4.69) is 0 Å². The summed E-state index contributed by atoms with van der Waals surface area (Å²) >= 11 is 0. The van der Waals surface area contributed by atoms with Crippen molar-refractivity contribution in [2.75, 3.05) is 0 Å². The molecular formula is C9H17NO3. The van der Waals surface area contributed by atoms with Crippen LogP contribution in [0.15, 0.2) is 0 Å². The van der Waals surface area contributed by atoms with Crippen molar-refractivity contribution in [1.82, 2.24) is 0 Å². The maximum Gasteiger partial charge on any atom is 0.321 e. The fraction of sp³-hybridized carbons (Fsp3) is 0.889. The molecule has 4 heteroatoms. The number of hydrogen-bond acceptors (Lipinski definition) is 3. The normalized spacial score (nSPS) is 37.0. The summed E-state index contributed by atoms with van der Waals surface area (Å²) in [5.74, 6) is -0.975. The van der Waals surface area contributed by atoms with Crippen molar-refractivity contribution in [3.8, 4) is 0 Å². The van der Waals surface area contributed by atoms with E-state index in [4.69, 9.17) is 10.8 Å². The highest BCUT2D eigenvalue weighted by Crippen LogP contribution is 2.38. The maximum atomic E-state index is 10.7. The van der Waals surface area contributed by atoms with E-state index >= 15 is 0 Å². The second-order valence-electron chi connectivity index (χ2n) is 4.22. The Morgan fingerprint density at radius 1 is 1.69 bits per heavy atom. The van der Waals surface area contributed by atoms with Gasteiger partial charge in [0.1, 0.15) is 6.04 Å². The number of aliphatic hydroxyl groups is 1. The molecule has 13 heavy (non-hydrogen) atoms. The van der Waals surface area contributed by atoms with E-state index in [1.165, 1.54) is 0 Å². The number of hydrogen-bond donors (Lipinski definition) is 3. The predicted molar refractivity (Wildman–Crippen MR) is 48.2 cm³/mol. The average Bonchev–Trinajstić information content (AvgIpc) is 2.02. The maximum absolute atomic E-state index is 10.7. The molecule has 1 aliphatic rings. The first-order chi connectivity index (χ1) is 5.96. The molecule has 0 aliphatic heterocycles. The average molecular weight is 187 g/mol. The number of rotatable bonds is 2. The molecule has 1 saturated carbocycles. The van der Waals surface area contributed by atoms with Gasteiger partial charge in [0, 0.05) is 0 Å². The van der Waals surface area contributed by atoms with E-state index in [0.29, 0.717) is 6.42 Å². The molecule has 0 bridgehead atoms. The molecule has 0 spiro atoms. The van der Waals surface area contributed by atoms with Gasteiger partial charge in [0.05, 0.1) is 6.10 Å². The third-order valence-corrected chi connectivity index (χ3v) is 3.00. The molecule has 0 saturated heterocycles. The fourth-order valence-electron chi connectivity index (χ4n) is 2.06. The van der Waals surface area contributed by atoms with Crippen LogP contribution in [0, 0.1) is 5.41 Å². The highest BCUT2D eigenvalue weighted by Gasteiger charge is 2.40. The Kier molecular flexibility index (Phi) is 2.93. The van der Waals surface area contributed by atoms with E-state index in [1.807, 2.05) is 6.92 Å². The standard InChI is InChI=1S/C9H17NO3/c1-9(7(10)8(12)13)4-2-3-6(11)5-9/h6-7,11H,2-5,10H2,1H3,(H,12,13)/t6?,7-,9?/m1/s1. The van der Waals surface area contributed by atoms with Gasteiger partial charge in [-0.15, -0.1) is 0 Å². The zero-order valence-electron chi connectivity index (χ0n) is 7.86. The second-order valence-corrected chi connectivity index (χ2v) is 4.22. The summed E-state index contributed by atoms with van der Waals surface area (Å²) in [5, 5.41) is 18.2. The first-order valence-corrected chi connectivity index (χ1v) is 4.62. The van der Waals surface area contributed by atoms with Crippen LogP contribution >= 0.6 is 0 Å². The van der Waals surface area contributed by atoms with Gasteiger partial charge in [-0.2, -0.15) is 0 Å². The summed E-state index contributed by atoms with van der Waals surface area (Å²) < 4.78 is 0. The minimum Gasteiger partial charge on any atom is -0.480 e. The molecule has 4 N–H and O–H groups in total. The van der Waals surface area contributed by atoms with Crippen molar-refractivity contribution in [3.05, 3.63) is 0 Å². The molecule has 1 fully saturated rings. The van der Waals surface area contributed by atoms with Gasteiger partial charge in [-0.05, 0) is 24.7 Å². The molecule has 0 amide bonds. The summed E-state index contributed by atoms with van der Waals surface area (Å²) in [6.07, 6.45) is 2.53. The summed E-state index contributed by atoms with van der Waals surface area (Å²) in [6.45, 7) is 1.84. The molecule has 2 unspecified atom stereocenters. The summed E-state index contributed by atoms with van der Waals surface area (Å²) in [7, 11) is 0. The lowest BCUT2D eigenvalue weighted by Gasteiger charge is -2.38. The highest BCUT2D eigenvalue weighted by molar-refractivity contribution is 5.74. The Balaban J connectivity index is 2.68. The van der Waals surface area contributed by atoms with Crippen molar-refractivity contribution in [2.45, 2.75) is 44.8 Å². The zero-order valence-corrected chi connectivity index (χ0v) is 7.86. The van der Waals surface area contributed by atoms with E-state index in [9.17, 15) is 9.90 Å². The molecule has 0 aromatic rings. The van der Waals surface area contributed by atoms with E-state index in [-0.39, 0.29) is 6.10 Å². The lowest BCUT2D eigenvalue weighted by atomic mass is 9.70. The summed E-state index contributed by atoms with van der Waals surface area (Å²) in [6, 6.07) is -0.859. The van der Waals surface area contributed by atoms with Gasteiger partial charge in [0.2, 0.25) is 0 Å². The lowest BCUT2D eigenvalue weighted by Crippen LogP contribution is -2.48. The van der Waals surface area contributed by atoms with Crippen molar-refractivity contribution in [3.63, 3.8) is 0 Å². The molecule has 0 aromatic carbocycles. The minimum atomic E-state index is -0.975. The van der Waals surface area contributed by atoms with Gasteiger partial charge in [-0.3, -0.25) is 4.79 Å². The van der Waals surface area contributed by atoms with Crippen molar-refractivity contribution in [2.24, 2.45) is 11.1 Å². The molecular weight excluding hydrogens is 170 g/mol. The molecule has 0 aromatic heterocycles. The number of carbonyl (C=O) groups is 1. The van der Waals surface area contributed by atoms with Crippen molar-refractivity contribution < 1.29 is 15.0 Å². The Bertz CT molecular complexity index is 207. The topological polar surface area (TPSA) is 83.6 Å². The third-order valence-electron chi connectivity index (χ3n) is 3.00. The van der Waals surface area contributed by atoms with Crippen LogP contribution in [-0.4, -0.2) is 28.3 Å². The Labute approximate surface area is 77.7 Å². The van der Waals surface area contributed by atoms with Crippen LogP contribution in [0.3, 0.4) is 0 Å². The first-order valence-electron chi connectivity index (χ1n) is 4.62. The summed E-state index contributed by atoms with van der Waals surface area (Å²) in [5.41, 5.74) is 5.14. The zero-order chi connectivity index (χ0) is 10.1. The fourth-order valence-corrected chi connectivity index (χ4v) is 2.06. The van der Waals surface area contributed by atoms with E-state index in [1.54, 1.807) is 0 Å². The van der Waals surface area contributed by atoms with E-state index < -0.39 is 17.4 Å². The number of carboxylic acids is 1. The van der Waals surface area contributed by atoms with Crippen LogP contribution in [0.1, 0.15) is 32.6 Å². The Hall–Kier alpha value is -0.610.